The molecule has 0 amide bonds. The van der Waals surface area contributed by atoms with Gasteiger partial charge in [-0.1, -0.05) is 35.3 Å². The Kier molecular flexibility index (Phi) is 4.75. The number of hydrogen-bond donors (Lipinski definition) is 1. The van der Waals surface area contributed by atoms with Crippen LogP contribution in [0.2, 0.25) is 10.0 Å². The first-order valence-electron chi connectivity index (χ1n) is 8.55. The number of pyridine rings is 1. The quantitative estimate of drug-likeness (QED) is 0.734. The molecular weight excluding hydrogens is 411 g/mol. The number of carbonyl (C=O) groups is 1. The van der Waals surface area contributed by atoms with Gasteiger partial charge in [-0.05, 0) is 30.2 Å². The van der Waals surface area contributed by atoms with Crippen molar-refractivity contribution in [2.45, 2.75) is 30.9 Å². The third-order valence-electron chi connectivity index (χ3n) is 5.04. The zero-order valence-electron chi connectivity index (χ0n) is 14.4. The summed E-state index contributed by atoms with van der Waals surface area (Å²) in [7, 11) is 0. The molecule has 1 aromatic heterocycles. The molecule has 1 fully saturated rings. The molecule has 1 aromatic carbocycles. The lowest BCUT2D eigenvalue weighted by molar-refractivity contribution is 0.0196. The first kappa shape index (κ1) is 19.1. The number of amidine groups is 1. The van der Waals surface area contributed by atoms with Gasteiger partial charge in [0, 0.05) is 29.1 Å². The maximum absolute atomic E-state index is 14.2. The van der Waals surface area contributed by atoms with Crippen molar-refractivity contribution in [1.29, 1.82) is 0 Å². The highest BCUT2D eigenvalue weighted by molar-refractivity contribution is 6.31. The zero-order valence-corrected chi connectivity index (χ0v) is 15.9. The summed E-state index contributed by atoms with van der Waals surface area (Å²) in [6, 6.07) is 7.42. The first-order chi connectivity index (χ1) is 13.3. The van der Waals surface area contributed by atoms with E-state index in [1.807, 2.05) is 0 Å². The Bertz CT molecular complexity index is 968. The Morgan fingerprint density at radius 1 is 1.32 bits per heavy atom. The van der Waals surface area contributed by atoms with Gasteiger partial charge in [-0.25, -0.2) is 13.8 Å². The minimum atomic E-state index is -2.83. The van der Waals surface area contributed by atoms with E-state index in [0.717, 1.165) is 0 Å². The minimum absolute atomic E-state index is 0.0259. The number of aliphatic imine (C=N–C) groups is 1. The third kappa shape index (κ3) is 3.22. The highest BCUT2D eigenvalue weighted by Crippen LogP contribution is 2.56. The molecule has 2 aliphatic rings. The average molecular weight is 426 g/mol. The first-order valence-corrected chi connectivity index (χ1v) is 9.30. The molecule has 4 rings (SSSR count). The smallest absolute Gasteiger partial charge is 0.283 e. The van der Waals surface area contributed by atoms with Gasteiger partial charge >= 0.3 is 0 Å². The number of fused-ring (bicyclic) bond motifs is 1. The second kappa shape index (κ2) is 6.97. The number of rotatable bonds is 5. The molecule has 9 heteroatoms. The van der Waals surface area contributed by atoms with Crippen molar-refractivity contribution < 1.29 is 18.3 Å². The molecule has 5 nitrogen and oxygen atoms in total. The van der Waals surface area contributed by atoms with Crippen molar-refractivity contribution in [3.63, 3.8) is 0 Å². The van der Waals surface area contributed by atoms with Crippen LogP contribution in [0.25, 0.3) is 0 Å². The van der Waals surface area contributed by atoms with Gasteiger partial charge in [0.05, 0.1) is 5.02 Å². The maximum Gasteiger partial charge on any atom is 0.283 e. The van der Waals surface area contributed by atoms with Crippen molar-refractivity contribution in [2.24, 2.45) is 16.6 Å². The number of ketones is 1. The number of nitrogens with zero attached hydrogens (tertiary/aromatic N) is 2. The highest BCUT2D eigenvalue weighted by atomic mass is 35.5. The van der Waals surface area contributed by atoms with Crippen LogP contribution in [0.4, 0.5) is 8.78 Å². The Morgan fingerprint density at radius 2 is 2.11 bits per heavy atom. The number of benzene rings is 1. The van der Waals surface area contributed by atoms with E-state index >= 15 is 0 Å². The number of alkyl halides is 2. The molecule has 1 aliphatic heterocycles. The van der Waals surface area contributed by atoms with Gasteiger partial charge in [0.25, 0.3) is 12.4 Å². The number of halogens is 4. The lowest BCUT2D eigenvalue weighted by Gasteiger charge is -2.33. The van der Waals surface area contributed by atoms with E-state index in [4.69, 9.17) is 33.7 Å². The molecule has 2 N–H and O–H groups in total. The minimum Gasteiger partial charge on any atom is -0.462 e. The number of nitrogens with two attached hydrogens (primary N) is 1. The Labute approximate surface area is 169 Å². The molecule has 0 bridgehead atoms. The molecule has 3 atom stereocenters. The lowest BCUT2D eigenvalue weighted by atomic mass is 9.83. The van der Waals surface area contributed by atoms with Crippen molar-refractivity contribution in [1.82, 2.24) is 4.98 Å². The molecule has 2 aromatic rings. The fourth-order valence-electron chi connectivity index (χ4n) is 3.61. The van der Waals surface area contributed by atoms with Crippen molar-refractivity contribution >= 4 is 35.0 Å². The van der Waals surface area contributed by atoms with E-state index in [1.54, 1.807) is 12.1 Å². The summed E-state index contributed by atoms with van der Waals surface area (Å²) in [6.45, 7) is 0. The van der Waals surface area contributed by atoms with E-state index in [0.29, 0.717) is 17.0 Å². The Morgan fingerprint density at radius 3 is 2.79 bits per heavy atom. The van der Waals surface area contributed by atoms with Crippen LogP contribution in [0.5, 0.6) is 0 Å². The summed E-state index contributed by atoms with van der Waals surface area (Å²) in [5.74, 6) is -0.781. The molecule has 0 spiro atoms. The molecule has 0 unspecified atom stereocenters. The second-order valence-electron chi connectivity index (χ2n) is 6.85. The normalized spacial score (nSPS) is 25.7. The topological polar surface area (TPSA) is 77.6 Å². The van der Waals surface area contributed by atoms with E-state index in [1.165, 1.54) is 24.4 Å². The average Bonchev–Trinajstić information content (AvgIpc) is 3.42. The van der Waals surface area contributed by atoms with E-state index in [-0.39, 0.29) is 34.5 Å². The van der Waals surface area contributed by atoms with Crippen molar-refractivity contribution in [2.75, 3.05) is 0 Å². The fraction of sp³-hybridized carbons (Fsp3) is 0.316. The molecule has 28 heavy (non-hydrogen) atoms. The van der Waals surface area contributed by atoms with Crippen LogP contribution in [0.3, 0.4) is 0 Å². The predicted octanol–water partition coefficient (Wildman–Crippen LogP) is 4.01. The number of Topliss-reactive ketones (excluding diaryl/α,β-unsaturated/α-hetero) is 1. The summed E-state index contributed by atoms with van der Waals surface area (Å²) in [4.78, 5) is 20.5. The highest BCUT2D eigenvalue weighted by Gasteiger charge is 2.64. The number of hydrogen-bond acceptors (Lipinski definition) is 5. The van der Waals surface area contributed by atoms with Crippen molar-refractivity contribution in [3.05, 3.63) is 63.4 Å². The van der Waals surface area contributed by atoms with Crippen LogP contribution >= 0.6 is 23.2 Å². The molecular formula is C19H15Cl2F2N3O2. The summed E-state index contributed by atoms with van der Waals surface area (Å²) in [6.07, 6.45) is -1.46. The summed E-state index contributed by atoms with van der Waals surface area (Å²) in [5.41, 5.74) is 4.68. The largest absolute Gasteiger partial charge is 0.462 e. The number of aromatic nitrogens is 1. The van der Waals surface area contributed by atoms with Crippen LogP contribution in [0.15, 0.2) is 41.5 Å². The summed E-state index contributed by atoms with van der Waals surface area (Å²) >= 11 is 12.1. The molecule has 1 saturated carbocycles. The summed E-state index contributed by atoms with van der Waals surface area (Å²) < 4.78 is 33.7. The maximum atomic E-state index is 14.2. The Balaban J connectivity index is 1.70. The SMILES string of the molecule is NC1=N[C@](c2cc(CC(=O)c3ccc(Cl)cn3)ccc2Cl)(C(F)F)[C@@H]2C[C@@H]2O1. The monoisotopic (exact) mass is 425 g/mol. The van der Waals surface area contributed by atoms with Gasteiger partial charge in [0.15, 0.2) is 11.3 Å². The predicted molar refractivity (Wildman–Crippen MR) is 101 cm³/mol. The molecule has 0 saturated heterocycles. The van der Waals surface area contributed by atoms with E-state index < -0.39 is 24.0 Å². The fourth-order valence-corrected chi connectivity index (χ4v) is 3.99. The molecule has 146 valence electrons. The van der Waals surface area contributed by atoms with E-state index in [9.17, 15) is 13.6 Å². The Hall–Kier alpha value is -2.25. The van der Waals surface area contributed by atoms with E-state index in [2.05, 4.69) is 9.98 Å². The molecule has 2 heterocycles. The van der Waals surface area contributed by atoms with Gasteiger partial charge in [-0.2, -0.15) is 0 Å². The third-order valence-corrected chi connectivity index (χ3v) is 5.59. The van der Waals surface area contributed by atoms with Crippen LogP contribution in [-0.4, -0.2) is 29.3 Å². The van der Waals surface area contributed by atoms with Gasteiger partial charge in [0.1, 0.15) is 11.8 Å². The van der Waals surface area contributed by atoms with Crippen molar-refractivity contribution in [3.8, 4) is 0 Å². The standard InChI is InChI=1S/C19H15Cl2F2N3O2/c20-10-2-4-14(25-8-10)15(27)6-9-1-3-13(21)11(5-9)19(17(22)23)12-7-16(12)28-18(24)26-19/h1-5,8,12,16-17H,6-7H2,(H2,24,26)/t12-,16+,19+/m1/s1. The van der Waals surface area contributed by atoms with Gasteiger partial charge < -0.3 is 10.5 Å². The van der Waals surface area contributed by atoms with Crippen LogP contribution < -0.4 is 5.73 Å². The number of carbonyl (C=O) groups excluding carboxylic acids is 1. The van der Waals surface area contributed by atoms with Crippen LogP contribution in [0.1, 0.15) is 28.0 Å². The van der Waals surface area contributed by atoms with Gasteiger partial charge in [-0.3, -0.25) is 9.78 Å². The second-order valence-corrected chi connectivity index (χ2v) is 7.69. The van der Waals surface area contributed by atoms with Crippen LogP contribution in [-0.2, 0) is 16.7 Å². The molecule has 1 aliphatic carbocycles. The number of ether oxygens (including phenoxy) is 1. The van der Waals surface area contributed by atoms with Gasteiger partial charge in [0.2, 0.25) is 0 Å². The lowest BCUT2D eigenvalue weighted by Crippen LogP contribution is -2.43. The van der Waals surface area contributed by atoms with Crippen LogP contribution in [0, 0.1) is 5.92 Å². The van der Waals surface area contributed by atoms with Gasteiger partial charge in [-0.15, -0.1) is 0 Å². The molecule has 0 radical (unpaired) electrons. The summed E-state index contributed by atoms with van der Waals surface area (Å²) in [5, 5.41) is 0.559. The zero-order chi connectivity index (χ0) is 20.1.